The van der Waals surface area contributed by atoms with E-state index in [9.17, 15) is 32.3 Å². The van der Waals surface area contributed by atoms with Gasteiger partial charge in [-0.1, -0.05) is 6.07 Å². The smallest absolute Gasteiger partial charge is 0.416 e. The summed E-state index contributed by atoms with van der Waals surface area (Å²) < 4.78 is 45.2. The predicted octanol–water partition coefficient (Wildman–Crippen LogP) is 3.75. The lowest BCUT2D eigenvalue weighted by atomic mass is 9.98. The molecule has 2 aromatic rings. The number of hydrogen-bond donors (Lipinski definition) is 1. The lowest BCUT2D eigenvalue weighted by Gasteiger charge is -2.33. The molecule has 0 saturated carbocycles. The summed E-state index contributed by atoms with van der Waals surface area (Å²) in [7, 11) is 1.37. The number of carbonyl (C=O) groups is 4. The molecule has 0 aromatic heterocycles. The number of methoxy groups -OCH3 is 1. The van der Waals surface area contributed by atoms with E-state index in [0.29, 0.717) is 16.7 Å². The van der Waals surface area contributed by atoms with Gasteiger partial charge in [0.15, 0.2) is 0 Å². The van der Waals surface area contributed by atoms with Crippen LogP contribution in [0, 0.1) is 0 Å². The Kier molecular flexibility index (Phi) is 5.76. The van der Waals surface area contributed by atoms with E-state index in [0.717, 1.165) is 12.1 Å². The monoisotopic (exact) mass is 515 g/mol. The van der Waals surface area contributed by atoms with Crippen molar-refractivity contribution < 1.29 is 37.1 Å². The van der Waals surface area contributed by atoms with Gasteiger partial charge < -0.3 is 14.5 Å². The molecule has 37 heavy (non-hydrogen) atoms. The van der Waals surface area contributed by atoms with Crippen molar-refractivity contribution in [1.82, 2.24) is 15.1 Å². The van der Waals surface area contributed by atoms with Crippen molar-refractivity contribution in [2.24, 2.45) is 0 Å². The Balaban J connectivity index is 1.48. The number of benzene rings is 2. The van der Waals surface area contributed by atoms with Gasteiger partial charge >= 0.3 is 6.18 Å². The van der Waals surface area contributed by atoms with Crippen LogP contribution in [0.2, 0.25) is 0 Å². The second-order valence-electron chi connectivity index (χ2n) is 9.48. The topological polar surface area (TPSA) is 96.0 Å². The average Bonchev–Trinajstić information content (AvgIpc) is 3.31. The van der Waals surface area contributed by atoms with E-state index in [1.807, 2.05) is 0 Å². The van der Waals surface area contributed by atoms with Gasteiger partial charge in [-0.25, -0.2) is 0 Å². The summed E-state index contributed by atoms with van der Waals surface area (Å²) in [4.78, 5) is 53.9. The van der Waals surface area contributed by atoms with E-state index in [1.165, 1.54) is 35.1 Å². The number of carbonyl (C=O) groups excluding carboxylic acids is 4. The minimum Gasteiger partial charge on any atom is -0.496 e. The molecule has 0 radical (unpaired) electrons. The third-order valence-electron chi connectivity index (χ3n) is 7.47. The predicted molar refractivity (Wildman–Crippen MR) is 123 cm³/mol. The number of imide groups is 1. The molecule has 194 valence electrons. The quantitative estimate of drug-likeness (QED) is 0.629. The third kappa shape index (κ3) is 3.84. The zero-order valence-electron chi connectivity index (χ0n) is 20.3. The van der Waals surface area contributed by atoms with Gasteiger partial charge in [0.25, 0.3) is 11.8 Å². The molecule has 1 N–H and O–H groups in total. The number of fused-ring (bicyclic) bond motifs is 2. The number of hydrogen-bond acceptors (Lipinski definition) is 5. The van der Waals surface area contributed by atoms with Gasteiger partial charge in [0, 0.05) is 24.1 Å². The minimum atomic E-state index is -4.49. The summed E-state index contributed by atoms with van der Waals surface area (Å²) in [6.07, 6.45) is -4.20. The van der Waals surface area contributed by atoms with Crippen LogP contribution in [0.1, 0.15) is 81.7 Å². The molecule has 0 spiro atoms. The minimum absolute atomic E-state index is 0.00360. The summed E-state index contributed by atoms with van der Waals surface area (Å²) in [5.41, 5.74) is 1.19. The molecule has 8 nitrogen and oxygen atoms in total. The number of nitrogens with one attached hydrogen (secondary N) is 1. The van der Waals surface area contributed by atoms with Crippen LogP contribution >= 0.6 is 0 Å². The van der Waals surface area contributed by atoms with Crippen molar-refractivity contribution in [2.75, 3.05) is 7.11 Å². The van der Waals surface area contributed by atoms with E-state index in [-0.39, 0.29) is 36.3 Å². The maximum absolute atomic E-state index is 13.7. The van der Waals surface area contributed by atoms with Gasteiger partial charge in [-0.05, 0) is 55.7 Å². The van der Waals surface area contributed by atoms with Crippen LogP contribution in [-0.4, -0.2) is 46.6 Å². The molecule has 0 aliphatic carbocycles. The SMILES string of the molecule is COc1c(C(=O)N2Cc3cc(C(F)(F)F)ccc3[C@@H]2C)ccc2c1[C@@H](C)N([C@H]1CCC(=O)NC1=O)C2=O. The Bertz CT molecular complexity index is 1360. The van der Waals surface area contributed by atoms with Crippen molar-refractivity contribution in [3.63, 3.8) is 0 Å². The normalized spacial score (nSPS) is 23.2. The van der Waals surface area contributed by atoms with E-state index in [4.69, 9.17) is 4.74 Å². The first-order valence-corrected chi connectivity index (χ1v) is 11.8. The van der Waals surface area contributed by atoms with E-state index < -0.39 is 53.5 Å². The second kappa shape index (κ2) is 8.60. The first-order valence-electron chi connectivity index (χ1n) is 11.8. The van der Waals surface area contributed by atoms with Crippen LogP contribution < -0.4 is 10.1 Å². The fourth-order valence-corrected chi connectivity index (χ4v) is 5.62. The van der Waals surface area contributed by atoms with E-state index >= 15 is 0 Å². The molecular formula is C26H24F3N3O5. The summed E-state index contributed by atoms with van der Waals surface area (Å²) in [6.45, 7) is 3.46. The Labute approximate surface area is 210 Å². The first-order chi connectivity index (χ1) is 17.4. The number of nitrogens with zero attached hydrogens (tertiary/aromatic N) is 2. The average molecular weight is 515 g/mol. The molecule has 1 saturated heterocycles. The molecule has 0 unspecified atom stereocenters. The van der Waals surface area contributed by atoms with Crippen LogP contribution in [-0.2, 0) is 22.3 Å². The van der Waals surface area contributed by atoms with Crippen LogP contribution in [0.4, 0.5) is 13.2 Å². The van der Waals surface area contributed by atoms with Crippen LogP contribution in [0.3, 0.4) is 0 Å². The standard InChI is InChI=1S/C26H24F3N3O5/c1-12-16-5-4-15(26(27,28)29)10-14(16)11-31(12)24(35)18-7-6-17-21(22(18)37-3)13(2)32(25(17)36)19-8-9-20(33)30-23(19)34/h4-7,10,12-13,19H,8-9,11H2,1-3H3,(H,30,33,34)/t12-,13+,19-/m0/s1. The van der Waals surface area contributed by atoms with E-state index in [1.54, 1.807) is 13.8 Å². The molecular weight excluding hydrogens is 491 g/mol. The number of halogens is 3. The van der Waals surface area contributed by atoms with Crippen molar-refractivity contribution in [3.8, 4) is 5.75 Å². The molecule has 3 aliphatic heterocycles. The second-order valence-corrected chi connectivity index (χ2v) is 9.48. The third-order valence-corrected chi connectivity index (χ3v) is 7.47. The zero-order chi connectivity index (χ0) is 26.8. The van der Waals surface area contributed by atoms with Crippen LogP contribution in [0.15, 0.2) is 30.3 Å². The van der Waals surface area contributed by atoms with Crippen LogP contribution in [0.5, 0.6) is 5.75 Å². The zero-order valence-corrected chi connectivity index (χ0v) is 20.3. The molecule has 4 amide bonds. The van der Waals surface area contributed by atoms with Gasteiger partial charge in [0.05, 0.1) is 30.3 Å². The largest absolute Gasteiger partial charge is 0.496 e. The number of alkyl halides is 3. The van der Waals surface area contributed by atoms with Crippen molar-refractivity contribution >= 4 is 23.6 Å². The lowest BCUT2D eigenvalue weighted by Crippen LogP contribution is -2.53. The Morgan fingerprint density at radius 1 is 1.08 bits per heavy atom. The number of rotatable bonds is 3. The molecule has 3 heterocycles. The highest BCUT2D eigenvalue weighted by atomic mass is 19.4. The lowest BCUT2D eigenvalue weighted by molar-refractivity contribution is -0.138. The van der Waals surface area contributed by atoms with Gasteiger partial charge in [-0.3, -0.25) is 24.5 Å². The van der Waals surface area contributed by atoms with Gasteiger partial charge in [-0.2, -0.15) is 13.2 Å². The number of ether oxygens (including phenoxy) is 1. The fraction of sp³-hybridized carbons (Fsp3) is 0.385. The molecule has 11 heteroatoms. The summed E-state index contributed by atoms with van der Waals surface area (Å²) in [5.74, 6) is -1.63. The maximum Gasteiger partial charge on any atom is 0.416 e. The number of amides is 4. The molecule has 2 aromatic carbocycles. The highest BCUT2D eigenvalue weighted by molar-refractivity contribution is 6.08. The Hall–Kier alpha value is -3.89. The highest BCUT2D eigenvalue weighted by Gasteiger charge is 2.46. The van der Waals surface area contributed by atoms with Crippen molar-refractivity contribution in [2.45, 2.75) is 57.5 Å². The molecule has 0 bridgehead atoms. The molecule has 5 rings (SSSR count). The summed E-state index contributed by atoms with van der Waals surface area (Å²) >= 11 is 0. The molecule has 3 atom stereocenters. The molecule has 3 aliphatic rings. The van der Waals surface area contributed by atoms with Crippen LogP contribution in [0.25, 0.3) is 0 Å². The summed E-state index contributed by atoms with van der Waals surface area (Å²) in [5, 5.41) is 2.26. The Morgan fingerprint density at radius 3 is 2.46 bits per heavy atom. The maximum atomic E-state index is 13.7. The summed E-state index contributed by atoms with van der Waals surface area (Å²) in [6, 6.07) is 4.52. The van der Waals surface area contributed by atoms with Crippen molar-refractivity contribution in [1.29, 1.82) is 0 Å². The van der Waals surface area contributed by atoms with Gasteiger partial charge in [0.1, 0.15) is 11.8 Å². The highest BCUT2D eigenvalue weighted by Crippen LogP contribution is 2.45. The van der Waals surface area contributed by atoms with Gasteiger partial charge in [-0.15, -0.1) is 0 Å². The first kappa shape index (κ1) is 24.8. The molecule has 1 fully saturated rings. The fourth-order valence-electron chi connectivity index (χ4n) is 5.62. The van der Waals surface area contributed by atoms with Crippen molar-refractivity contribution in [3.05, 3.63) is 63.7 Å². The number of piperidine rings is 1. The van der Waals surface area contributed by atoms with E-state index in [2.05, 4.69) is 5.32 Å². The Morgan fingerprint density at radius 2 is 1.81 bits per heavy atom. The van der Waals surface area contributed by atoms with Gasteiger partial charge in [0.2, 0.25) is 11.8 Å².